The van der Waals surface area contributed by atoms with E-state index in [-0.39, 0.29) is 5.91 Å². The van der Waals surface area contributed by atoms with Crippen molar-refractivity contribution in [1.29, 1.82) is 0 Å². The molecule has 1 saturated carbocycles. The Bertz CT molecular complexity index is 227. The largest absolute Gasteiger partial charge is 0.345 e. The zero-order valence-corrected chi connectivity index (χ0v) is 11.3. The first kappa shape index (κ1) is 14.5. The van der Waals surface area contributed by atoms with Gasteiger partial charge >= 0.3 is 0 Å². The number of rotatable bonds is 7. The van der Waals surface area contributed by atoms with Crippen molar-refractivity contribution in [2.75, 3.05) is 33.2 Å². The van der Waals surface area contributed by atoms with Crippen molar-refractivity contribution < 1.29 is 4.79 Å². The number of carbonyl (C=O) groups is 1. The maximum atomic E-state index is 12.0. The van der Waals surface area contributed by atoms with Gasteiger partial charge in [-0.05, 0) is 32.4 Å². The summed E-state index contributed by atoms with van der Waals surface area (Å²) in [5.74, 6) is 0.229. The molecule has 0 atom stereocenters. The first-order chi connectivity index (χ1) is 8.19. The molecule has 0 spiro atoms. The van der Waals surface area contributed by atoms with Crippen molar-refractivity contribution in [2.24, 2.45) is 5.73 Å². The predicted molar refractivity (Wildman–Crippen MR) is 70.8 cm³/mol. The van der Waals surface area contributed by atoms with Crippen molar-refractivity contribution in [2.45, 2.75) is 45.1 Å². The maximum absolute atomic E-state index is 12.0. The van der Waals surface area contributed by atoms with E-state index in [4.69, 9.17) is 5.73 Å². The summed E-state index contributed by atoms with van der Waals surface area (Å²) in [6.45, 7) is 5.12. The molecule has 1 rings (SSSR count). The van der Waals surface area contributed by atoms with Crippen molar-refractivity contribution in [3.63, 3.8) is 0 Å². The highest BCUT2D eigenvalue weighted by molar-refractivity contribution is 5.78. The molecule has 0 bridgehead atoms. The normalized spacial score (nSPS) is 16.7. The van der Waals surface area contributed by atoms with Crippen LogP contribution in [-0.4, -0.2) is 55.0 Å². The Morgan fingerprint density at radius 2 is 2.00 bits per heavy atom. The van der Waals surface area contributed by atoms with Crippen LogP contribution in [0.4, 0.5) is 0 Å². The molecule has 4 nitrogen and oxygen atoms in total. The fourth-order valence-corrected chi connectivity index (χ4v) is 2.52. The van der Waals surface area contributed by atoms with E-state index in [1.807, 2.05) is 11.9 Å². The van der Waals surface area contributed by atoms with Crippen LogP contribution in [-0.2, 0) is 4.79 Å². The molecule has 17 heavy (non-hydrogen) atoms. The molecule has 4 heteroatoms. The molecular weight excluding hydrogens is 214 g/mol. The summed E-state index contributed by atoms with van der Waals surface area (Å²) < 4.78 is 0. The lowest BCUT2D eigenvalue weighted by molar-refractivity contribution is -0.131. The van der Waals surface area contributed by atoms with Crippen LogP contribution in [0.2, 0.25) is 0 Å². The van der Waals surface area contributed by atoms with Gasteiger partial charge in [-0.3, -0.25) is 9.69 Å². The molecule has 0 unspecified atom stereocenters. The highest BCUT2D eigenvalue weighted by Gasteiger charge is 2.23. The van der Waals surface area contributed by atoms with E-state index in [2.05, 4.69) is 11.8 Å². The summed E-state index contributed by atoms with van der Waals surface area (Å²) in [6.07, 6.45) is 6.04. The fraction of sp³-hybridized carbons (Fsp3) is 0.923. The lowest BCUT2D eigenvalue weighted by Crippen LogP contribution is -2.43. The molecule has 0 aromatic carbocycles. The van der Waals surface area contributed by atoms with Crippen molar-refractivity contribution in [1.82, 2.24) is 9.80 Å². The monoisotopic (exact) mass is 241 g/mol. The van der Waals surface area contributed by atoms with Crippen LogP contribution in [0.15, 0.2) is 0 Å². The Labute approximate surface area is 105 Å². The van der Waals surface area contributed by atoms with Gasteiger partial charge in [0.05, 0.1) is 6.54 Å². The highest BCUT2D eigenvalue weighted by Crippen LogP contribution is 2.23. The van der Waals surface area contributed by atoms with Gasteiger partial charge in [-0.15, -0.1) is 0 Å². The van der Waals surface area contributed by atoms with E-state index < -0.39 is 0 Å². The lowest BCUT2D eigenvalue weighted by atomic mass is 10.2. The Hall–Kier alpha value is -0.610. The minimum absolute atomic E-state index is 0.229. The molecule has 1 amide bonds. The Morgan fingerprint density at radius 1 is 1.35 bits per heavy atom. The second kappa shape index (κ2) is 7.67. The number of hydrogen-bond acceptors (Lipinski definition) is 3. The molecule has 0 heterocycles. The summed E-state index contributed by atoms with van der Waals surface area (Å²) in [5.41, 5.74) is 5.46. The lowest BCUT2D eigenvalue weighted by Gasteiger charge is -2.28. The SMILES string of the molecule is CCN(CC(=O)N(C)CCCN)C1CCCC1. The minimum Gasteiger partial charge on any atom is -0.345 e. The summed E-state index contributed by atoms with van der Waals surface area (Å²) in [4.78, 5) is 16.2. The third-order valence-electron chi connectivity index (χ3n) is 3.71. The number of nitrogens with zero attached hydrogens (tertiary/aromatic N) is 2. The predicted octanol–water partition coefficient (Wildman–Crippen LogP) is 1.06. The summed E-state index contributed by atoms with van der Waals surface area (Å²) in [7, 11) is 1.88. The topological polar surface area (TPSA) is 49.6 Å². The van der Waals surface area contributed by atoms with E-state index in [0.29, 0.717) is 19.1 Å². The highest BCUT2D eigenvalue weighted by atomic mass is 16.2. The average molecular weight is 241 g/mol. The maximum Gasteiger partial charge on any atom is 0.236 e. The molecule has 0 aromatic rings. The summed E-state index contributed by atoms with van der Waals surface area (Å²) in [6, 6.07) is 0.631. The van der Waals surface area contributed by atoms with Gasteiger partial charge in [0.25, 0.3) is 0 Å². The van der Waals surface area contributed by atoms with Crippen LogP contribution in [0.5, 0.6) is 0 Å². The summed E-state index contributed by atoms with van der Waals surface area (Å²) in [5, 5.41) is 0. The molecule has 0 aliphatic heterocycles. The second-order valence-electron chi connectivity index (χ2n) is 4.96. The molecule has 1 aliphatic carbocycles. The van der Waals surface area contributed by atoms with Gasteiger partial charge in [-0.25, -0.2) is 0 Å². The summed E-state index contributed by atoms with van der Waals surface area (Å²) >= 11 is 0. The van der Waals surface area contributed by atoms with Crippen LogP contribution in [0.1, 0.15) is 39.0 Å². The van der Waals surface area contributed by atoms with Gasteiger partial charge in [0, 0.05) is 19.6 Å². The van der Waals surface area contributed by atoms with Crippen LogP contribution in [0.25, 0.3) is 0 Å². The van der Waals surface area contributed by atoms with E-state index in [0.717, 1.165) is 19.5 Å². The molecular formula is C13H27N3O. The molecule has 0 saturated heterocycles. The Morgan fingerprint density at radius 3 is 2.53 bits per heavy atom. The average Bonchev–Trinajstić information content (AvgIpc) is 2.86. The fourth-order valence-electron chi connectivity index (χ4n) is 2.52. The number of likely N-dealkylation sites (N-methyl/N-ethyl adjacent to an activating group) is 2. The smallest absolute Gasteiger partial charge is 0.236 e. The zero-order valence-electron chi connectivity index (χ0n) is 11.3. The molecule has 1 fully saturated rings. The van der Waals surface area contributed by atoms with Gasteiger partial charge in [-0.2, -0.15) is 0 Å². The van der Waals surface area contributed by atoms with E-state index in [9.17, 15) is 4.79 Å². The number of carbonyl (C=O) groups excluding carboxylic acids is 1. The van der Waals surface area contributed by atoms with Crippen molar-refractivity contribution in [3.8, 4) is 0 Å². The molecule has 0 radical (unpaired) electrons. The first-order valence-electron chi connectivity index (χ1n) is 6.87. The third kappa shape index (κ3) is 4.64. The molecule has 2 N–H and O–H groups in total. The van der Waals surface area contributed by atoms with E-state index >= 15 is 0 Å². The number of nitrogens with two attached hydrogens (primary N) is 1. The van der Waals surface area contributed by atoms with Crippen LogP contribution in [0.3, 0.4) is 0 Å². The standard InChI is InChI=1S/C13H27N3O/c1-3-16(12-7-4-5-8-12)11-13(17)15(2)10-6-9-14/h12H,3-11,14H2,1-2H3. The van der Waals surface area contributed by atoms with Crippen LogP contribution in [0, 0.1) is 0 Å². The quantitative estimate of drug-likeness (QED) is 0.725. The van der Waals surface area contributed by atoms with Crippen LogP contribution >= 0.6 is 0 Å². The van der Waals surface area contributed by atoms with E-state index in [1.165, 1.54) is 25.7 Å². The Kier molecular flexibility index (Phi) is 6.52. The molecule has 1 aliphatic rings. The van der Waals surface area contributed by atoms with Gasteiger partial charge in [0.1, 0.15) is 0 Å². The van der Waals surface area contributed by atoms with E-state index in [1.54, 1.807) is 0 Å². The minimum atomic E-state index is 0.229. The molecule has 100 valence electrons. The van der Waals surface area contributed by atoms with Crippen molar-refractivity contribution in [3.05, 3.63) is 0 Å². The number of amides is 1. The van der Waals surface area contributed by atoms with Gasteiger partial charge in [0.2, 0.25) is 5.91 Å². The Balaban J connectivity index is 2.35. The first-order valence-corrected chi connectivity index (χ1v) is 6.87. The zero-order chi connectivity index (χ0) is 12.7. The van der Waals surface area contributed by atoms with Gasteiger partial charge in [0.15, 0.2) is 0 Å². The van der Waals surface area contributed by atoms with Gasteiger partial charge in [-0.1, -0.05) is 19.8 Å². The molecule has 0 aromatic heterocycles. The van der Waals surface area contributed by atoms with Crippen molar-refractivity contribution >= 4 is 5.91 Å². The van der Waals surface area contributed by atoms with Crippen LogP contribution < -0.4 is 5.73 Å². The second-order valence-corrected chi connectivity index (χ2v) is 4.96. The van der Waals surface area contributed by atoms with Gasteiger partial charge < -0.3 is 10.6 Å². The number of hydrogen-bond donors (Lipinski definition) is 1. The third-order valence-corrected chi connectivity index (χ3v) is 3.71.